The molecule has 1 aromatic rings. The Labute approximate surface area is 99.6 Å². The lowest BCUT2D eigenvalue weighted by molar-refractivity contribution is 0.0937. The Morgan fingerprint density at radius 1 is 1.53 bits per heavy atom. The summed E-state index contributed by atoms with van der Waals surface area (Å²) in [5, 5.41) is 11.7. The van der Waals surface area contributed by atoms with Crippen LogP contribution in [0.4, 0.5) is 4.39 Å². The van der Waals surface area contributed by atoms with Crippen LogP contribution in [0.5, 0.6) is 0 Å². The first-order valence-electron chi connectivity index (χ1n) is 5.39. The van der Waals surface area contributed by atoms with E-state index in [4.69, 9.17) is 10.8 Å². The van der Waals surface area contributed by atoms with Crippen LogP contribution in [-0.2, 0) is 0 Å². The second kappa shape index (κ2) is 5.75. The summed E-state index contributed by atoms with van der Waals surface area (Å²) in [6.45, 7) is 3.40. The zero-order valence-corrected chi connectivity index (χ0v) is 9.90. The zero-order valence-electron chi connectivity index (χ0n) is 9.90. The number of carbonyl (C=O) groups is 1. The van der Waals surface area contributed by atoms with E-state index in [-0.39, 0.29) is 12.1 Å². The number of aryl methyl sites for hydroxylation is 1. The van der Waals surface area contributed by atoms with Gasteiger partial charge in [0, 0.05) is 18.2 Å². The zero-order chi connectivity index (χ0) is 13.0. The number of carbonyl (C=O) groups excluding carboxylic acids is 1. The predicted molar refractivity (Wildman–Crippen MR) is 63.1 cm³/mol. The van der Waals surface area contributed by atoms with Crippen molar-refractivity contribution in [1.29, 1.82) is 0 Å². The number of rotatable bonds is 4. The molecule has 1 aromatic carbocycles. The third-order valence-corrected chi connectivity index (χ3v) is 2.42. The monoisotopic (exact) mass is 240 g/mol. The fourth-order valence-electron chi connectivity index (χ4n) is 1.35. The molecule has 0 heterocycles. The molecule has 4 nitrogen and oxygen atoms in total. The van der Waals surface area contributed by atoms with E-state index in [1.165, 1.54) is 6.07 Å². The van der Waals surface area contributed by atoms with Gasteiger partial charge in [-0.15, -0.1) is 0 Å². The Kier molecular flexibility index (Phi) is 4.60. The van der Waals surface area contributed by atoms with Gasteiger partial charge in [-0.1, -0.05) is 0 Å². The summed E-state index contributed by atoms with van der Waals surface area (Å²) >= 11 is 0. The number of aliphatic hydroxyl groups is 1. The van der Waals surface area contributed by atoms with Gasteiger partial charge in [0.15, 0.2) is 0 Å². The van der Waals surface area contributed by atoms with Crippen LogP contribution in [-0.4, -0.2) is 29.7 Å². The predicted octanol–water partition coefficient (Wildman–Crippen LogP) is 0.572. The van der Waals surface area contributed by atoms with Gasteiger partial charge in [-0.05, 0) is 37.6 Å². The number of aliphatic hydroxyl groups excluding tert-OH is 1. The molecule has 0 radical (unpaired) electrons. The van der Waals surface area contributed by atoms with Crippen LogP contribution in [0.15, 0.2) is 18.2 Å². The number of hydrogen-bond acceptors (Lipinski definition) is 3. The first-order chi connectivity index (χ1) is 7.90. The summed E-state index contributed by atoms with van der Waals surface area (Å²) in [5.74, 6) is -0.848. The minimum absolute atomic E-state index is 0.145. The average molecular weight is 240 g/mol. The van der Waals surface area contributed by atoms with E-state index in [0.717, 1.165) is 6.07 Å². The fraction of sp³-hybridized carbons (Fsp3) is 0.417. The van der Waals surface area contributed by atoms with Gasteiger partial charge in [0.1, 0.15) is 5.82 Å². The summed E-state index contributed by atoms with van der Waals surface area (Å²) in [6, 6.07) is 3.56. The maximum atomic E-state index is 13.1. The van der Waals surface area contributed by atoms with Crippen molar-refractivity contribution in [2.75, 3.05) is 6.54 Å². The quantitative estimate of drug-likeness (QED) is 0.720. The highest BCUT2D eigenvalue weighted by atomic mass is 19.1. The molecule has 2 unspecified atom stereocenters. The Morgan fingerprint density at radius 2 is 2.18 bits per heavy atom. The van der Waals surface area contributed by atoms with Crippen molar-refractivity contribution < 1.29 is 14.3 Å². The Bertz CT molecular complexity index is 387. The molecule has 0 aliphatic heterocycles. The molecule has 2 atom stereocenters. The molecule has 94 valence electrons. The molecule has 0 bridgehead atoms. The van der Waals surface area contributed by atoms with Crippen molar-refractivity contribution in [2.45, 2.75) is 26.0 Å². The molecule has 0 aliphatic carbocycles. The molecule has 0 saturated carbocycles. The van der Waals surface area contributed by atoms with Crippen molar-refractivity contribution in [3.8, 4) is 0 Å². The van der Waals surface area contributed by atoms with Gasteiger partial charge >= 0.3 is 0 Å². The van der Waals surface area contributed by atoms with Crippen LogP contribution < -0.4 is 11.1 Å². The molecular formula is C12H17FN2O2. The van der Waals surface area contributed by atoms with E-state index in [2.05, 4.69) is 5.32 Å². The van der Waals surface area contributed by atoms with Gasteiger partial charge in [-0.2, -0.15) is 0 Å². The van der Waals surface area contributed by atoms with Gasteiger partial charge in [0.2, 0.25) is 0 Å². The number of benzene rings is 1. The maximum Gasteiger partial charge on any atom is 0.251 e. The van der Waals surface area contributed by atoms with Gasteiger partial charge in [-0.25, -0.2) is 4.39 Å². The summed E-state index contributed by atoms with van der Waals surface area (Å²) in [5.41, 5.74) is 6.49. The first kappa shape index (κ1) is 13.6. The molecule has 1 amide bonds. The van der Waals surface area contributed by atoms with Crippen molar-refractivity contribution in [1.82, 2.24) is 5.32 Å². The van der Waals surface area contributed by atoms with Crippen molar-refractivity contribution in [2.24, 2.45) is 5.73 Å². The summed E-state index contributed by atoms with van der Waals surface area (Å²) in [4.78, 5) is 11.7. The van der Waals surface area contributed by atoms with E-state index in [1.807, 2.05) is 0 Å². The molecule has 1 rings (SSSR count). The normalized spacial score (nSPS) is 14.2. The number of nitrogens with one attached hydrogen (secondary N) is 1. The highest BCUT2D eigenvalue weighted by molar-refractivity contribution is 5.94. The van der Waals surface area contributed by atoms with Crippen LogP contribution in [0.25, 0.3) is 0 Å². The van der Waals surface area contributed by atoms with Gasteiger partial charge in [0.05, 0.1) is 6.10 Å². The number of amides is 1. The SMILES string of the molecule is Cc1cc(F)cc(C(=O)NCC(N)C(C)O)c1. The third-order valence-electron chi connectivity index (χ3n) is 2.42. The molecule has 17 heavy (non-hydrogen) atoms. The molecule has 0 saturated heterocycles. The standard InChI is InChI=1S/C12H17FN2O2/c1-7-3-9(5-10(13)4-7)12(17)15-6-11(14)8(2)16/h3-5,8,11,16H,6,14H2,1-2H3,(H,15,17). The molecule has 0 aromatic heterocycles. The minimum atomic E-state index is -0.704. The van der Waals surface area contributed by atoms with Gasteiger partial charge in [0.25, 0.3) is 5.91 Å². The van der Waals surface area contributed by atoms with Crippen LogP contribution in [0.1, 0.15) is 22.8 Å². The number of hydrogen-bond donors (Lipinski definition) is 3. The summed E-state index contributed by atoms with van der Waals surface area (Å²) in [7, 11) is 0. The third kappa shape index (κ3) is 4.13. The largest absolute Gasteiger partial charge is 0.392 e. The maximum absolute atomic E-state index is 13.1. The highest BCUT2D eigenvalue weighted by Gasteiger charge is 2.12. The van der Waals surface area contributed by atoms with E-state index in [9.17, 15) is 9.18 Å². The lowest BCUT2D eigenvalue weighted by Gasteiger charge is -2.15. The number of nitrogens with two attached hydrogens (primary N) is 1. The van der Waals surface area contributed by atoms with Gasteiger partial charge in [-0.3, -0.25) is 4.79 Å². The molecule has 0 fully saturated rings. The van der Waals surface area contributed by atoms with E-state index in [0.29, 0.717) is 5.56 Å². The fourth-order valence-corrected chi connectivity index (χ4v) is 1.35. The highest BCUT2D eigenvalue weighted by Crippen LogP contribution is 2.08. The van der Waals surface area contributed by atoms with E-state index >= 15 is 0 Å². The Hall–Kier alpha value is -1.46. The molecule has 0 aliphatic rings. The van der Waals surface area contributed by atoms with Crippen LogP contribution in [0, 0.1) is 12.7 Å². The molecule has 4 N–H and O–H groups in total. The number of halogens is 1. The second-order valence-electron chi connectivity index (χ2n) is 4.13. The summed E-state index contributed by atoms with van der Waals surface area (Å²) < 4.78 is 13.1. The second-order valence-corrected chi connectivity index (χ2v) is 4.13. The molecule has 0 spiro atoms. The van der Waals surface area contributed by atoms with E-state index in [1.54, 1.807) is 19.9 Å². The lowest BCUT2D eigenvalue weighted by atomic mass is 10.1. The first-order valence-corrected chi connectivity index (χ1v) is 5.39. The smallest absolute Gasteiger partial charge is 0.251 e. The van der Waals surface area contributed by atoms with Gasteiger partial charge < -0.3 is 16.2 Å². The lowest BCUT2D eigenvalue weighted by Crippen LogP contribution is -2.43. The van der Waals surface area contributed by atoms with E-state index < -0.39 is 23.9 Å². The van der Waals surface area contributed by atoms with Crippen LogP contribution in [0.3, 0.4) is 0 Å². The summed E-state index contributed by atoms with van der Waals surface area (Å²) in [6.07, 6.45) is -0.704. The van der Waals surface area contributed by atoms with Crippen LogP contribution >= 0.6 is 0 Å². The van der Waals surface area contributed by atoms with Crippen molar-refractivity contribution in [3.63, 3.8) is 0 Å². The Morgan fingerprint density at radius 3 is 2.71 bits per heavy atom. The Balaban J connectivity index is 2.64. The van der Waals surface area contributed by atoms with Crippen LogP contribution in [0.2, 0.25) is 0 Å². The molecule has 5 heteroatoms. The van der Waals surface area contributed by atoms with Crippen molar-refractivity contribution >= 4 is 5.91 Å². The molecular weight excluding hydrogens is 223 g/mol. The topological polar surface area (TPSA) is 75.4 Å². The van der Waals surface area contributed by atoms with Crippen molar-refractivity contribution in [3.05, 3.63) is 35.1 Å². The minimum Gasteiger partial charge on any atom is -0.392 e. The average Bonchev–Trinajstić information content (AvgIpc) is 2.23.